The standard InChI is InChI=1S/C9H15NO3.C2H6/c1-2-3-10-8-6(5-11)4-7(12)9(8)13;1-2/h6,10-11,13H,2-5H2,1H3;1-2H3. The molecule has 0 saturated carbocycles. The van der Waals surface area contributed by atoms with Crippen molar-refractivity contribution in [3.8, 4) is 0 Å². The lowest BCUT2D eigenvalue weighted by molar-refractivity contribution is -0.117. The van der Waals surface area contributed by atoms with Crippen molar-refractivity contribution in [2.45, 2.75) is 33.6 Å². The maximum atomic E-state index is 11.1. The van der Waals surface area contributed by atoms with E-state index in [0.29, 0.717) is 12.2 Å². The Hall–Kier alpha value is -1.03. The van der Waals surface area contributed by atoms with Crippen molar-refractivity contribution in [2.24, 2.45) is 5.92 Å². The van der Waals surface area contributed by atoms with E-state index in [1.165, 1.54) is 0 Å². The third kappa shape index (κ3) is 3.55. The van der Waals surface area contributed by atoms with Gasteiger partial charge in [0, 0.05) is 18.9 Å². The summed E-state index contributed by atoms with van der Waals surface area (Å²) in [5.74, 6) is -0.718. The molecule has 0 aromatic heterocycles. The molecule has 0 radical (unpaired) electrons. The van der Waals surface area contributed by atoms with E-state index < -0.39 is 0 Å². The molecule has 1 atom stereocenters. The molecule has 1 aliphatic carbocycles. The van der Waals surface area contributed by atoms with Gasteiger partial charge >= 0.3 is 0 Å². The number of carbonyl (C=O) groups is 1. The summed E-state index contributed by atoms with van der Waals surface area (Å²) in [4.78, 5) is 11.1. The lowest BCUT2D eigenvalue weighted by atomic mass is 10.1. The predicted molar refractivity (Wildman–Crippen MR) is 59.5 cm³/mol. The number of carbonyl (C=O) groups excluding carboxylic acids is 1. The van der Waals surface area contributed by atoms with E-state index in [1.807, 2.05) is 20.8 Å². The molecule has 3 N–H and O–H groups in total. The Morgan fingerprint density at radius 2 is 2.07 bits per heavy atom. The molecule has 0 aliphatic heterocycles. The van der Waals surface area contributed by atoms with Gasteiger partial charge in [0.05, 0.1) is 12.3 Å². The Bertz CT molecular complexity index is 236. The minimum absolute atomic E-state index is 0.0954. The molecule has 1 aliphatic rings. The van der Waals surface area contributed by atoms with E-state index >= 15 is 0 Å². The molecule has 0 saturated heterocycles. The third-order valence-electron chi connectivity index (χ3n) is 2.15. The Labute approximate surface area is 91.0 Å². The Morgan fingerprint density at radius 1 is 1.47 bits per heavy atom. The van der Waals surface area contributed by atoms with Gasteiger partial charge in [0.2, 0.25) is 0 Å². The number of aliphatic hydroxyl groups excluding tert-OH is 2. The van der Waals surface area contributed by atoms with Gasteiger partial charge in [-0.2, -0.15) is 0 Å². The lowest BCUT2D eigenvalue weighted by Gasteiger charge is -2.12. The summed E-state index contributed by atoms with van der Waals surface area (Å²) in [6.07, 6.45) is 1.14. The number of hydrogen-bond donors (Lipinski definition) is 3. The van der Waals surface area contributed by atoms with E-state index in [1.54, 1.807) is 0 Å². The first-order chi connectivity index (χ1) is 7.20. The van der Waals surface area contributed by atoms with Crippen LogP contribution < -0.4 is 5.32 Å². The van der Waals surface area contributed by atoms with Crippen LogP contribution in [0.25, 0.3) is 0 Å². The maximum absolute atomic E-state index is 11.1. The van der Waals surface area contributed by atoms with E-state index in [0.717, 1.165) is 6.42 Å². The highest BCUT2D eigenvalue weighted by Crippen LogP contribution is 2.25. The van der Waals surface area contributed by atoms with Crippen molar-refractivity contribution in [3.05, 3.63) is 11.5 Å². The summed E-state index contributed by atoms with van der Waals surface area (Å²) < 4.78 is 0. The number of hydrogen-bond acceptors (Lipinski definition) is 4. The molecule has 0 amide bonds. The van der Waals surface area contributed by atoms with Crippen molar-refractivity contribution >= 4 is 5.78 Å². The van der Waals surface area contributed by atoms with E-state index in [9.17, 15) is 9.90 Å². The van der Waals surface area contributed by atoms with Gasteiger partial charge in [-0.05, 0) is 6.42 Å². The van der Waals surface area contributed by atoms with Crippen LogP contribution >= 0.6 is 0 Å². The molecule has 4 heteroatoms. The molecule has 15 heavy (non-hydrogen) atoms. The minimum Gasteiger partial charge on any atom is -0.503 e. The molecule has 0 aromatic carbocycles. The summed E-state index contributed by atoms with van der Waals surface area (Å²) in [7, 11) is 0. The van der Waals surface area contributed by atoms with Gasteiger partial charge in [0.15, 0.2) is 11.5 Å². The van der Waals surface area contributed by atoms with Gasteiger partial charge < -0.3 is 15.5 Å². The van der Waals surface area contributed by atoms with Crippen LogP contribution in [0, 0.1) is 5.92 Å². The topological polar surface area (TPSA) is 69.6 Å². The number of Topliss-reactive ketones (excluding diaryl/α,β-unsaturated/α-hetero) is 1. The first-order valence-corrected chi connectivity index (χ1v) is 5.51. The first kappa shape index (κ1) is 14.0. The minimum atomic E-state index is -0.280. The normalized spacial score (nSPS) is 20.0. The fraction of sp³-hybridized carbons (Fsp3) is 0.727. The number of rotatable bonds is 4. The molecule has 0 bridgehead atoms. The number of ketones is 1. The first-order valence-electron chi connectivity index (χ1n) is 5.51. The number of allylic oxidation sites excluding steroid dienone is 1. The fourth-order valence-electron chi connectivity index (χ4n) is 1.41. The van der Waals surface area contributed by atoms with Crippen molar-refractivity contribution in [2.75, 3.05) is 13.2 Å². The number of nitrogens with one attached hydrogen (secondary N) is 1. The highest BCUT2D eigenvalue weighted by Gasteiger charge is 2.31. The molecular formula is C11H21NO3. The predicted octanol–water partition coefficient (Wildman–Crippen LogP) is 1.36. The fourth-order valence-corrected chi connectivity index (χ4v) is 1.41. The van der Waals surface area contributed by atoms with Crippen LogP contribution in [-0.2, 0) is 4.79 Å². The van der Waals surface area contributed by atoms with Gasteiger partial charge in [-0.3, -0.25) is 4.79 Å². The molecule has 0 spiro atoms. The Morgan fingerprint density at radius 3 is 2.53 bits per heavy atom. The van der Waals surface area contributed by atoms with Crippen LogP contribution in [0.4, 0.5) is 0 Å². The van der Waals surface area contributed by atoms with Gasteiger partial charge in [0.25, 0.3) is 0 Å². The quantitative estimate of drug-likeness (QED) is 0.662. The van der Waals surface area contributed by atoms with E-state index in [4.69, 9.17) is 5.11 Å². The van der Waals surface area contributed by atoms with Crippen LogP contribution in [-0.4, -0.2) is 29.1 Å². The second-order valence-corrected chi connectivity index (χ2v) is 3.20. The summed E-state index contributed by atoms with van der Waals surface area (Å²) in [5.41, 5.74) is 0.509. The summed E-state index contributed by atoms with van der Waals surface area (Å²) >= 11 is 0. The molecule has 88 valence electrons. The van der Waals surface area contributed by atoms with Crippen LogP contribution in [0.3, 0.4) is 0 Å². The van der Waals surface area contributed by atoms with Crippen LogP contribution in [0.15, 0.2) is 11.5 Å². The second kappa shape index (κ2) is 7.29. The molecule has 0 heterocycles. The highest BCUT2D eigenvalue weighted by atomic mass is 16.3. The largest absolute Gasteiger partial charge is 0.503 e. The molecule has 0 fully saturated rings. The summed E-state index contributed by atoms with van der Waals surface area (Å²) in [5, 5.41) is 21.2. The van der Waals surface area contributed by atoms with E-state index in [2.05, 4.69) is 5.32 Å². The number of aliphatic hydroxyl groups is 2. The van der Waals surface area contributed by atoms with Crippen LogP contribution in [0.2, 0.25) is 0 Å². The lowest BCUT2D eigenvalue weighted by Crippen LogP contribution is -2.21. The molecule has 0 aromatic rings. The monoisotopic (exact) mass is 215 g/mol. The van der Waals surface area contributed by atoms with Crippen molar-refractivity contribution < 1.29 is 15.0 Å². The Kier molecular flexibility index (Phi) is 6.79. The maximum Gasteiger partial charge on any atom is 0.199 e. The van der Waals surface area contributed by atoms with Crippen LogP contribution in [0.1, 0.15) is 33.6 Å². The van der Waals surface area contributed by atoms with Crippen molar-refractivity contribution in [1.82, 2.24) is 5.32 Å². The third-order valence-corrected chi connectivity index (χ3v) is 2.15. The summed E-state index contributed by atoms with van der Waals surface area (Å²) in [6.45, 7) is 6.61. The molecular weight excluding hydrogens is 194 g/mol. The molecule has 1 rings (SSSR count). The summed E-state index contributed by atoms with van der Waals surface area (Å²) in [6, 6.07) is 0. The van der Waals surface area contributed by atoms with Gasteiger partial charge in [-0.1, -0.05) is 20.8 Å². The Balaban J connectivity index is 0.000000921. The zero-order valence-corrected chi connectivity index (χ0v) is 9.71. The zero-order chi connectivity index (χ0) is 11.8. The highest BCUT2D eigenvalue weighted by molar-refractivity contribution is 5.96. The SMILES string of the molecule is CC.CCCNC1=C(O)C(=O)CC1CO. The van der Waals surface area contributed by atoms with Crippen molar-refractivity contribution in [1.29, 1.82) is 0 Å². The van der Waals surface area contributed by atoms with Gasteiger partial charge in [-0.25, -0.2) is 0 Å². The molecule has 1 unspecified atom stereocenters. The zero-order valence-electron chi connectivity index (χ0n) is 9.71. The second-order valence-electron chi connectivity index (χ2n) is 3.20. The van der Waals surface area contributed by atoms with E-state index in [-0.39, 0.29) is 30.5 Å². The van der Waals surface area contributed by atoms with Crippen LogP contribution in [0.5, 0.6) is 0 Å². The average molecular weight is 215 g/mol. The molecule has 4 nitrogen and oxygen atoms in total. The average Bonchev–Trinajstić information content (AvgIpc) is 2.55. The van der Waals surface area contributed by atoms with Crippen molar-refractivity contribution in [3.63, 3.8) is 0 Å². The van der Waals surface area contributed by atoms with Gasteiger partial charge in [0.1, 0.15) is 0 Å². The smallest absolute Gasteiger partial charge is 0.199 e. The van der Waals surface area contributed by atoms with Gasteiger partial charge in [-0.15, -0.1) is 0 Å².